The van der Waals surface area contributed by atoms with Gasteiger partial charge in [0, 0.05) is 18.2 Å². The minimum absolute atomic E-state index is 0.100. The number of nitrogens with one attached hydrogen (secondary N) is 1. The molecule has 0 saturated heterocycles. The molecule has 9 heteroatoms. The second kappa shape index (κ2) is 10.4. The maximum atomic E-state index is 13.1. The molecule has 9 nitrogen and oxygen atoms in total. The second-order valence-electron chi connectivity index (χ2n) is 9.48. The molecule has 0 spiro atoms. The average Bonchev–Trinajstić information content (AvgIpc) is 3.55. The number of H-pyrrole nitrogens is 1. The number of aromatic amines is 1. The Kier molecular flexibility index (Phi) is 7.35. The number of hydrogen-bond donors (Lipinski definition) is 1. The van der Waals surface area contributed by atoms with E-state index in [1.165, 1.54) is 0 Å². The highest BCUT2D eigenvalue weighted by Crippen LogP contribution is 2.31. The number of methoxy groups -OCH3 is 1. The molecule has 0 bridgehead atoms. The molecule has 0 fully saturated rings. The van der Waals surface area contributed by atoms with Gasteiger partial charge in [-0.2, -0.15) is 0 Å². The summed E-state index contributed by atoms with van der Waals surface area (Å²) in [6.07, 6.45) is 4.33. The summed E-state index contributed by atoms with van der Waals surface area (Å²) >= 11 is 0. The lowest BCUT2D eigenvalue weighted by Crippen LogP contribution is -2.36. The number of rotatable bonds is 11. The first kappa shape index (κ1) is 24.7. The Morgan fingerprint density at radius 1 is 1.20 bits per heavy atom. The lowest BCUT2D eigenvalue weighted by molar-refractivity contribution is 0.135. The van der Waals surface area contributed by atoms with Crippen LogP contribution in [0.15, 0.2) is 51.9 Å². The van der Waals surface area contributed by atoms with Crippen LogP contribution in [0.1, 0.15) is 70.1 Å². The van der Waals surface area contributed by atoms with Crippen molar-refractivity contribution in [1.29, 1.82) is 0 Å². The molecule has 1 aromatic carbocycles. The summed E-state index contributed by atoms with van der Waals surface area (Å²) in [6.45, 7) is 9.49. The van der Waals surface area contributed by atoms with Crippen LogP contribution in [-0.2, 0) is 18.6 Å². The summed E-state index contributed by atoms with van der Waals surface area (Å²) in [7, 11) is 1.61. The van der Waals surface area contributed by atoms with Gasteiger partial charge in [-0.15, -0.1) is 5.10 Å². The van der Waals surface area contributed by atoms with Crippen molar-refractivity contribution in [2.45, 2.75) is 71.6 Å². The summed E-state index contributed by atoms with van der Waals surface area (Å²) in [6, 6.07) is 11.4. The predicted octanol–water partition coefficient (Wildman–Crippen LogP) is 4.80. The number of hydrogen-bond acceptors (Lipinski definition) is 7. The maximum Gasteiger partial charge on any atom is 0.252 e. The zero-order valence-corrected chi connectivity index (χ0v) is 21.1. The monoisotopic (exact) mass is 478 g/mol. The third kappa shape index (κ3) is 5.30. The van der Waals surface area contributed by atoms with Crippen LogP contribution >= 0.6 is 0 Å². The van der Waals surface area contributed by atoms with E-state index in [0.29, 0.717) is 24.4 Å². The van der Waals surface area contributed by atoms with Gasteiger partial charge in [-0.25, -0.2) is 4.68 Å². The van der Waals surface area contributed by atoms with Gasteiger partial charge in [0.25, 0.3) is 5.56 Å². The molecule has 1 N–H and O–H groups in total. The van der Waals surface area contributed by atoms with Gasteiger partial charge >= 0.3 is 0 Å². The topological polar surface area (TPSA) is 102 Å². The van der Waals surface area contributed by atoms with Crippen molar-refractivity contribution in [1.82, 2.24) is 30.1 Å². The molecule has 1 atom stereocenters. The molecular weight excluding hydrogens is 444 g/mol. The smallest absolute Gasteiger partial charge is 0.252 e. The van der Waals surface area contributed by atoms with Crippen molar-refractivity contribution in [3.8, 4) is 5.75 Å². The van der Waals surface area contributed by atoms with Crippen molar-refractivity contribution >= 4 is 10.9 Å². The normalized spacial score (nSPS) is 13.0. The van der Waals surface area contributed by atoms with Gasteiger partial charge in [0.15, 0.2) is 5.82 Å². The third-order valence-electron chi connectivity index (χ3n) is 6.68. The number of pyridine rings is 1. The fraction of sp³-hybridized carbons (Fsp3) is 0.462. The second-order valence-corrected chi connectivity index (χ2v) is 9.48. The van der Waals surface area contributed by atoms with Gasteiger partial charge in [-0.3, -0.25) is 9.69 Å². The number of ether oxygens (including phenoxy) is 1. The van der Waals surface area contributed by atoms with Crippen LogP contribution in [0.3, 0.4) is 0 Å². The van der Waals surface area contributed by atoms with Crippen LogP contribution in [0, 0.1) is 0 Å². The van der Waals surface area contributed by atoms with E-state index in [1.807, 2.05) is 41.1 Å². The van der Waals surface area contributed by atoms with Crippen LogP contribution in [0.25, 0.3) is 10.9 Å². The fourth-order valence-corrected chi connectivity index (χ4v) is 4.30. The largest absolute Gasteiger partial charge is 0.497 e. The standard InChI is InChI=1S/C26H34N6O3/c1-6-9-23(24-28-29-30-32(24)26(3,4)7-2)31(17-21-10-8-13-35-21)16-19-14-18-11-12-20(34-5)15-22(18)27-25(19)33/h8,10-15,23H,6-7,9,16-17H2,1-5H3,(H,27,33)/t23-/m0/s1. The highest BCUT2D eigenvalue weighted by atomic mass is 16.5. The van der Waals surface area contributed by atoms with E-state index in [1.54, 1.807) is 13.4 Å². The predicted molar refractivity (Wildman–Crippen MR) is 134 cm³/mol. The highest BCUT2D eigenvalue weighted by Gasteiger charge is 2.32. The minimum Gasteiger partial charge on any atom is -0.497 e. The van der Waals surface area contributed by atoms with Crippen LogP contribution < -0.4 is 10.3 Å². The first-order valence-electron chi connectivity index (χ1n) is 12.1. The molecule has 4 rings (SSSR count). The molecule has 0 amide bonds. The number of furan rings is 1. The number of aromatic nitrogens is 5. The number of tetrazole rings is 1. The summed E-state index contributed by atoms with van der Waals surface area (Å²) in [5, 5.41) is 13.8. The first-order chi connectivity index (χ1) is 16.9. The van der Waals surface area contributed by atoms with Crippen LogP contribution in [0.2, 0.25) is 0 Å². The Balaban J connectivity index is 1.76. The van der Waals surface area contributed by atoms with Gasteiger partial charge in [0.05, 0.1) is 37.0 Å². The average molecular weight is 479 g/mol. The van der Waals surface area contributed by atoms with E-state index < -0.39 is 0 Å². The molecule has 3 heterocycles. The van der Waals surface area contributed by atoms with E-state index in [9.17, 15) is 4.79 Å². The van der Waals surface area contributed by atoms with Crippen molar-refractivity contribution in [3.63, 3.8) is 0 Å². The van der Waals surface area contributed by atoms with E-state index in [-0.39, 0.29) is 17.1 Å². The number of nitrogens with zero attached hydrogens (tertiary/aromatic N) is 5. The van der Waals surface area contributed by atoms with Crippen molar-refractivity contribution in [2.75, 3.05) is 7.11 Å². The van der Waals surface area contributed by atoms with Gasteiger partial charge in [-0.05, 0) is 72.8 Å². The lowest BCUT2D eigenvalue weighted by Gasteiger charge is -2.33. The summed E-state index contributed by atoms with van der Waals surface area (Å²) < 4.78 is 12.9. The molecule has 3 aromatic heterocycles. The first-order valence-corrected chi connectivity index (χ1v) is 12.1. The fourth-order valence-electron chi connectivity index (χ4n) is 4.30. The molecule has 0 aliphatic carbocycles. The summed E-state index contributed by atoms with van der Waals surface area (Å²) in [4.78, 5) is 18.4. The van der Waals surface area contributed by atoms with E-state index in [2.05, 4.69) is 53.1 Å². The van der Waals surface area contributed by atoms with Crippen LogP contribution in [0.4, 0.5) is 0 Å². The Morgan fingerprint density at radius 2 is 2.03 bits per heavy atom. The molecule has 35 heavy (non-hydrogen) atoms. The number of fused-ring (bicyclic) bond motifs is 1. The van der Waals surface area contributed by atoms with E-state index in [0.717, 1.165) is 41.8 Å². The zero-order valence-electron chi connectivity index (χ0n) is 21.1. The molecule has 0 radical (unpaired) electrons. The summed E-state index contributed by atoms with van der Waals surface area (Å²) in [5.74, 6) is 2.32. The van der Waals surface area contributed by atoms with Crippen LogP contribution in [0.5, 0.6) is 5.75 Å². The Labute approximate surface area is 205 Å². The minimum atomic E-state index is -0.235. The van der Waals surface area contributed by atoms with Crippen LogP contribution in [-0.4, -0.2) is 37.2 Å². The molecule has 4 aromatic rings. The SMILES string of the molecule is CCC[C@@H](c1nnnn1C(C)(C)CC)N(Cc1ccco1)Cc1cc2ccc(OC)cc2[nH]c1=O. The maximum absolute atomic E-state index is 13.1. The Hall–Kier alpha value is -3.46. The van der Waals surface area contributed by atoms with E-state index >= 15 is 0 Å². The van der Waals surface area contributed by atoms with Gasteiger partial charge < -0.3 is 14.1 Å². The summed E-state index contributed by atoms with van der Waals surface area (Å²) in [5.41, 5.74) is 1.05. The number of benzene rings is 1. The molecule has 0 aliphatic rings. The van der Waals surface area contributed by atoms with E-state index in [4.69, 9.17) is 9.15 Å². The molecule has 186 valence electrons. The molecular formula is C26H34N6O3. The zero-order chi connectivity index (χ0) is 25.0. The lowest BCUT2D eigenvalue weighted by atomic mass is 10.0. The van der Waals surface area contributed by atoms with Crippen molar-refractivity contribution in [3.05, 3.63) is 70.2 Å². The highest BCUT2D eigenvalue weighted by molar-refractivity contribution is 5.80. The molecule has 0 saturated carbocycles. The van der Waals surface area contributed by atoms with Crippen molar-refractivity contribution < 1.29 is 9.15 Å². The van der Waals surface area contributed by atoms with Gasteiger partial charge in [0.2, 0.25) is 0 Å². The van der Waals surface area contributed by atoms with Crippen molar-refractivity contribution in [2.24, 2.45) is 0 Å². The Morgan fingerprint density at radius 3 is 2.71 bits per heavy atom. The van der Waals surface area contributed by atoms with Gasteiger partial charge in [-0.1, -0.05) is 20.3 Å². The third-order valence-corrected chi connectivity index (χ3v) is 6.68. The quantitative estimate of drug-likeness (QED) is 0.330. The van der Waals surface area contributed by atoms with Gasteiger partial charge in [0.1, 0.15) is 11.5 Å². The Bertz CT molecular complexity index is 1310. The molecule has 0 unspecified atom stereocenters. The molecule has 0 aliphatic heterocycles.